The van der Waals surface area contributed by atoms with Gasteiger partial charge < -0.3 is 19.6 Å². The Balaban J connectivity index is 1.68. The molecule has 0 radical (unpaired) electrons. The van der Waals surface area contributed by atoms with Crippen LogP contribution in [0.1, 0.15) is 24.8 Å². The number of aliphatic hydroxyl groups excluding tert-OH is 1. The number of nitrogens with zero attached hydrogens (tertiary/aromatic N) is 1. The van der Waals surface area contributed by atoms with Crippen molar-refractivity contribution < 1.29 is 14.6 Å². The van der Waals surface area contributed by atoms with Crippen molar-refractivity contribution in [3.05, 3.63) is 34.2 Å². The zero-order chi connectivity index (χ0) is 14.7. The van der Waals surface area contributed by atoms with Gasteiger partial charge in [-0.05, 0) is 37.0 Å². The van der Waals surface area contributed by atoms with E-state index in [0.29, 0.717) is 13.2 Å². The maximum absolute atomic E-state index is 12.0. The van der Waals surface area contributed by atoms with Crippen LogP contribution in [0.3, 0.4) is 0 Å². The van der Waals surface area contributed by atoms with Crippen LogP contribution in [0.25, 0.3) is 11.0 Å². The minimum atomic E-state index is -0.159. The number of aromatic nitrogens is 2. The van der Waals surface area contributed by atoms with E-state index in [-0.39, 0.29) is 18.6 Å². The minimum Gasteiger partial charge on any atom is -0.392 e. The molecule has 0 spiro atoms. The predicted molar refractivity (Wildman–Crippen MR) is 78.0 cm³/mol. The molecule has 21 heavy (non-hydrogen) atoms. The summed E-state index contributed by atoms with van der Waals surface area (Å²) >= 11 is 0. The topological polar surface area (TPSA) is 76.5 Å². The fourth-order valence-corrected chi connectivity index (χ4v) is 2.65. The number of nitrogens with one attached hydrogen (secondary N) is 1. The fourth-order valence-electron chi connectivity index (χ4n) is 2.65. The Morgan fingerprint density at radius 1 is 1.43 bits per heavy atom. The molecule has 2 aromatic rings. The van der Waals surface area contributed by atoms with Gasteiger partial charge in [0.05, 0.1) is 30.8 Å². The fraction of sp³-hybridized carbons (Fsp3) is 0.533. The molecule has 1 fully saturated rings. The second kappa shape index (κ2) is 6.43. The maximum Gasteiger partial charge on any atom is 0.326 e. The highest BCUT2D eigenvalue weighted by atomic mass is 16.7. The van der Waals surface area contributed by atoms with Gasteiger partial charge in [0, 0.05) is 6.61 Å². The van der Waals surface area contributed by atoms with E-state index in [1.165, 1.54) is 0 Å². The standard InChI is InChI=1S/C15H20N2O4/c18-10-11-4-5-13-12(9-11)16-15(19)17(13)6-8-21-14-3-1-2-7-20-14/h4-5,9,14,18H,1-3,6-8,10H2,(H,16,19). The predicted octanol–water partition coefficient (Wildman–Crippen LogP) is 1.37. The molecule has 0 bridgehead atoms. The summed E-state index contributed by atoms with van der Waals surface area (Å²) in [4.78, 5) is 14.8. The Kier molecular flexibility index (Phi) is 4.38. The van der Waals surface area contributed by atoms with E-state index in [1.807, 2.05) is 12.1 Å². The van der Waals surface area contributed by atoms with Crippen LogP contribution in [0.15, 0.2) is 23.0 Å². The Morgan fingerprint density at radius 3 is 3.10 bits per heavy atom. The van der Waals surface area contributed by atoms with Crippen molar-refractivity contribution in [1.29, 1.82) is 0 Å². The number of hydrogen-bond donors (Lipinski definition) is 2. The Morgan fingerprint density at radius 2 is 2.33 bits per heavy atom. The molecule has 1 atom stereocenters. The Labute approximate surface area is 122 Å². The number of benzene rings is 1. The van der Waals surface area contributed by atoms with Crippen LogP contribution in [0.2, 0.25) is 0 Å². The minimum absolute atomic E-state index is 0.0364. The molecule has 6 heteroatoms. The molecule has 1 aliphatic heterocycles. The monoisotopic (exact) mass is 292 g/mol. The number of ether oxygens (including phenoxy) is 2. The van der Waals surface area contributed by atoms with Gasteiger partial charge in [-0.1, -0.05) is 6.07 Å². The summed E-state index contributed by atoms with van der Waals surface area (Å²) in [6.45, 7) is 1.64. The number of imidazole rings is 1. The van der Waals surface area contributed by atoms with Crippen molar-refractivity contribution in [3.8, 4) is 0 Å². The number of fused-ring (bicyclic) bond motifs is 1. The summed E-state index contributed by atoms with van der Waals surface area (Å²) < 4.78 is 12.8. The van der Waals surface area contributed by atoms with Crippen molar-refractivity contribution in [1.82, 2.24) is 9.55 Å². The zero-order valence-electron chi connectivity index (χ0n) is 11.9. The molecule has 0 amide bonds. The molecule has 2 N–H and O–H groups in total. The number of rotatable bonds is 5. The SMILES string of the molecule is O=c1[nH]c2cc(CO)ccc2n1CCOC1CCCCO1. The second-order valence-corrected chi connectivity index (χ2v) is 5.26. The first-order chi connectivity index (χ1) is 10.3. The van der Waals surface area contributed by atoms with Crippen molar-refractivity contribution >= 4 is 11.0 Å². The van der Waals surface area contributed by atoms with Gasteiger partial charge >= 0.3 is 5.69 Å². The lowest BCUT2D eigenvalue weighted by Gasteiger charge is -2.22. The van der Waals surface area contributed by atoms with E-state index >= 15 is 0 Å². The van der Waals surface area contributed by atoms with Gasteiger partial charge in [-0.2, -0.15) is 0 Å². The summed E-state index contributed by atoms with van der Waals surface area (Å²) in [5.41, 5.74) is 2.18. The first-order valence-electron chi connectivity index (χ1n) is 7.33. The maximum atomic E-state index is 12.0. The zero-order valence-corrected chi connectivity index (χ0v) is 11.9. The van der Waals surface area contributed by atoms with Gasteiger partial charge in [0.1, 0.15) is 0 Å². The first kappa shape index (κ1) is 14.3. The third kappa shape index (κ3) is 3.18. The lowest BCUT2D eigenvalue weighted by molar-refractivity contribution is -0.163. The van der Waals surface area contributed by atoms with Crippen molar-refractivity contribution in [2.75, 3.05) is 13.2 Å². The van der Waals surface area contributed by atoms with Crippen LogP contribution in [0.5, 0.6) is 0 Å². The normalized spacial score (nSPS) is 19.2. The molecule has 0 aliphatic carbocycles. The van der Waals surface area contributed by atoms with Crippen molar-refractivity contribution in [2.24, 2.45) is 0 Å². The van der Waals surface area contributed by atoms with E-state index in [1.54, 1.807) is 10.6 Å². The van der Waals surface area contributed by atoms with Gasteiger partial charge in [0.2, 0.25) is 0 Å². The van der Waals surface area contributed by atoms with E-state index in [2.05, 4.69) is 4.98 Å². The summed E-state index contributed by atoms with van der Waals surface area (Å²) in [5.74, 6) is 0. The smallest absolute Gasteiger partial charge is 0.326 e. The largest absolute Gasteiger partial charge is 0.392 e. The highest BCUT2D eigenvalue weighted by Crippen LogP contribution is 2.15. The third-order valence-corrected chi connectivity index (χ3v) is 3.78. The molecule has 6 nitrogen and oxygen atoms in total. The number of aromatic amines is 1. The lowest BCUT2D eigenvalue weighted by Crippen LogP contribution is -2.26. The highest BCUT2D eigenvalue weighted by molar-refractivity contribution is 5.76. The molecule has 1 unspecified atom stereocenters. The molecule has 1 saturated heterocycles. The molecule has 1 aliphatic rings. The Hall–Kier alpha value is -1.63. The third-order valence-electron chi connectivity index (χ3n) is 3.78. The average molecular weight is 292 g/mol. The molecule has 114 valence electrons. The van der Waals surface area contributed by atoms with Gasteiger partial charge in [-0.25, -0.2) is 4.79 Å². The molecule has 1 aromatic heterocycles. The van der Waals surface area contributed by atoms with Gasteiger partial charge in [-0.15, -0.1) is 0 Å². The molecule has 2 heterocycles. The summed E-state index contributed by atoms with van der Waals surface area (Å²) in [5, 5.41) is 9.13. The summed E-state index contributed by atoms with van der Waals surface area (Å²) in [7, 11) is 0. The van der Waals surface area contributed by atoms with Crippen molar-refractivity contribution in [2.45, 2.75) is 38.7 Å². The quantitative estimate of drug-likeness (QED) is 0.872. The summed E-state index contributed by atoms with van der Waals surface area (Å²) in [6, 6.07) is 5.45. The number of H-pyrrole nitrogens is 1. The van der Waals surface area contributed by atoms with Crippen LogP contribution in [-0.4, -0.2) is 34.2 Å². The number of hydrogen-bond acceptors (Lipinski definition) is 4. The Bertz CT molecular complexity index is 655. The molecular weight excluding hydrogens is 272 g/mol. The van der Waals surface area contributed by atoms with E-state index in [4.69, 9.17) is 14.6 Å². The van der Waals surface area contributed by atoms with Crippen LogP contribution in [0, 0.1) is 0 Å². The van der Waals surface area contributed by atoms with Crippen molar-refractivity contribution in [3.63, 3.8) is 0 Å². The summed E-state index contributed by atoms with van der Waals surface area (Å²) in [6.07, 6.45) is 3.00. The number of aliphatic hydroxyl groups is 1. The van der Waals surface area contributed by atoms with Crippen LogP contribution in [-0.2, 0) is 22.6 Å². The molecule has 1 aromatic carbocycles. The van der Waals surface area contributed by atoms with E-state index in [0.717, 1.165) is 42.5 Å². The molecule has 3 rings (SSSR count). The average Bonchev–Trinajstić information content (AvgIpc) is 2.83. The molecule has 0 saturated carbocycles. The van der Waals surface area contributed by atoms with Gasteiger partial charge in [0.15, 0.2) is 6.29 Å². The van der Waals surface area contributed by atoms with Crippen LogP contribution >= 0.6 is 0 Å². The lowest BCUT2D eigenvalue weighted by atomic mass is 10.2. The van der Waals surface area contributed by atoms with Crippen LogP contribution < -0.4 is 5.69 Å². The second-order valence-electron chi connectivity index (χ2n) is 5.26. The van der Waals surface area contributed by atoms with E-state index in [9.17, 15) is 4.79 Å². The first-order valence-corrected chi connectivity index (χ1v) is 7.33. The van der Waals surface area contributed by atoms with Gasteiger partial charge in [-0.3, -0.25) is 4.57 Å². The molecular formula is C15H20N2O4. The van der Waals surface area contributed by atoms with E-state index < -0.39 is 0 Å². The highest BCUT2D eigenvalue weighted by Gasteiger charge is 2.14. The van der Waals surface area contributed by atoms with Gasteiger partial charge in [0.25, 0.3) is 0 Å². The van der Waals surface area contributed by atoms with Crippen LogP contribution in [0.4, 0.5) is 0 Å².